The Balaban J connectivity index is 1.55. The van der Waals surface area contributed by atoms with Crippen molar-refractivity contribution < 1.29 is 19.2 Å². The molecule has 10 nitrogen and oxygen atoms in total. The van der Waals surface area contributed by atoms with E-state index in [2.05, 4.69) is 20.9 Å². The highest BCUT2D eigenvalue weighted by atomic mass is 16.2. The summed E-state index contributed by atoms with van der Waals surface area (Å²) in [7, 11) is 0. The Morgan fingerprint density at radius 1 is 0.906 bits per heavy atom. The van der Waals surface area contributed by atoms with Crippen molar-refractivity contribution in [2.45, 2.75) is 13.0 Å². The van der Waals surface area contributed by atoms with Crippen molar-refractivity contribution >= 4 is 35.0 Å². The molecule has 0 aliphatic heterocycles. The Labute approximate surface area is 183 Å². The van der Waals surface area contributed by atoms with Gasteiger partial charge in [0.2, 0.25) is 11.8 Å². The van der Waals surface area contributed by atoms with Gasteiger partial charge in [0, 0.05) is 47.9 Å². The van der Waals surface area contributed by atoms with Crippen molar-refractivity contribution in [1.29, 1.82) is 0 Å². The third-order valence-electron chi connectivity index (χ3n) is 4.39. The molecule has 3 rings (SSSR count). The Kier molecular flexibility index (Phi) is 7.31. The van der Waals surface area contributed by atoms with Gasteiger partial charge in [0.05, 0.1) is 12.9 Å². The second-order valence-electron chi connectivity index (χ2n) is 6.86. The maximum Gasteiger partial charge on any atom is 0.255 e. The summed E-state index contributed by atoms with van der Waals surface area (Å²) in [6.07, 6.45) is 5.33. The zero-order valence-corrected chi connectivity index (χ0v) is 17.1. The molecule has 32 heavy (non-hydrogen) atoms. The quantitative estimate of drug-likeness (QED) is 0.401. The first-order chi connectivity index (χ1) is 15.4. The highest BCUT2D eigenvalue weighted by Crippen LogP contribution is 2.15. The van der Waals surface area contributed by atoms with E-state index in [-0.39, 0.29) is 24.8 Å². The number of amides is 4. The number of rotatable bonds is 9. The van der Waals surface area contributed by atoms with Crippen molar-refractivity contribution in [1.82, 2.24) is 14.9 Å². The molecule has 4 amide bonds. The molecule has 0 unspecified atom stereocenters. The smallest absolute Gasteiger partial charge is 0.255 e. The van der Waals surface area contributed by atoms with E-state index in [0.717, 1.165) is 0 Å². The third-order valence-corrected chi connectivity index (χ3v) is 4.39. The molecule has 2 aromatic carbocycles. The van der Waals surface area contributed by atoms with Crippen LogP contribution in [0.1, 0.15) is 27.1 Å². The number of hydrogen-bond acceptors (Lipinski definition) is 5. The molecule has 3 aromatic rings. The molecule has 5 N–H and O–H groups in total. The third kappa shape index (κ3) is 6.52. The van der Waals surface area contributed by atoms with E-state index in [1.54, 1.807) is 59.7 Å². The monoisotopic (exact) mass is 434 g/mol. The average molecular weight is 434 g/mol. The lowest BCUT2D eigenvalue weighted by atomic mass is 10.1. The zero-order chi connectivity index (χ0) is 22.9. The van der Waals surface area contributed by atoms with Crippen molar-refractivity contribution in [2.75, 3.05) is 17.2 Å². The van der Waals surface area contributed by atoms with Crippen LogP contribution < -0.4 is 21.7 Å². The van der Waals surface area contributed by atoms with E-state index < -0.39 is 11.8 Å². The molecule has 0 fully saturated rings. The van der Waals surface area contributed by atoms with Gasteiger partial charge in [-0.2, -0.15) is 0 Å². The number of carbonyl (C=O) groups is 4. The second-order valence-corrected chi connectivity index (χ2v) is 6.86. The first kappa shape index (κ1) is 22.2. The Hall–Kier alpha value is -4.47. The predicted octanol–water partition coefficient (Wildman–Crippen LogP) is 1.38. The number of benzene rings is 2. The van der Waals surface area contributed by atoms with Gasteiger partial charge in [-0.3, -0.25) is 19.2 Å². The number of nitrogens with zero attached hydrogens (tertiary/aromatic N) is 2. The van der Waals surface area contributed by atoms with E-state index in [1.165, 1.54) is 12.1 Å². The largest absolute Gasteiger partial charge is 0.368 e. The van der Waals surface area contributed by atoms with Crippen molar-refractivity contribution in [3.63, 3.8) is 0 Å². The molecule has 0 saturated heterocycles. The van der Waals surface area contributed by atoms with Gasteiger partial charge in [-0.25, -0.2) is 4.98 Å². The topological polar surface area (TPSA) is 148 Å². The first-order valence-corrected chi connectivity index (χ1v) is 9.74. The van der Waals surface area contributed by atoms with Crippen LogP contribution in [0, 0.1) is 0 Å². The normalized spacial score (nSPS) is 10.2. The standard InChI is InChI=1S/C22H22N6O4/c23-19(29)13-25-21(31)15-4-6-17(7-5-15)27-22(32)16-2-1-3-18(12-16)26-20(30)8-10-28-11-9-24-14-28/h1-7,9,11-12,14H,8,10,13H2,(H2,23,29)(H,25,31)(H,26,30)(H,27,32). The van der Waals surface area contributed by atoms with Gasteiger partial charge in [-0.15, -0.1) is 0 Å². The molecule has 0 aliphatic carbocycles. The van der Waals surface area contributed by atoms with E-state index >= 15 is 0 Å². The summed E-state index contributed by atoms with van der Waals surface area (Å²) < 4.78 is 1.80. The summed E-state index contributed by atoms with van der Waals surface area (Å²) in [6.45, 7) is 0.246. The number of imidazole rings is 1. The molecule has 1 aromatic heterocycles. The van der Waals surface area contributed by atoms with E-state index in [4.69, 9.17) is 5.73 Å². The van der Waals surface area contributed by atoms with Crippen molar-refractivity contribution in [3.05, 3.63) is 78.4 Å². The van der Waals surface area contributed by atoms with Crippen molar-refractivity contribution in [3.8, 4) is 0 Å². The van der Waals surface area contributed by atoms with E-state index in [1.807, 2.05) is 0 Å². The fraction of sp³-hybridized carbons (Fsp3) is 0.136. The number of aryl methyl sites for hydroxylation is 1. The van der Waals surface area contributed by atoms with Gasteiger partial charge in [-0.1, -0.05) is 6.07 Å². The summed E-state index contributed by atoms with van der Waals surface area (Å²) in [6, 6.07) is 12.7. The molecule has 0 saturated carbocycles. The zero-order valence-electron chi connectivity index (χ0n) is 17.1. The van der Waals surface area contributed by atoms with Crippen molar-refractivity contribution in [2.24, 2.45) is 5.73 Å². The molecule has 164 valence electrons. The van der Waals surface area contributed by atoms with Gasteiger partial charge in [0.1, 0.15) is 0 Å². The minimum Gasteiger partial charge on any atom is -0.368 e. The fourth-order valence-corrected chi connectivity index (χ4v) is 2.79. The number of nitrogens with one attached hydrogen (secondary N) is 3. The number of nitrogens with two attached hydrogens (primary N) is 1. The average Bonchev–Trinajstić information content (AvgIpc) is 3.30. The number of primary amides is 1. The van der Waals surface area contributed by atoms with Crippen LogP contribution in [-0.4, -0.2) is 39.7 Å². The number of carbonyl (C=O) groups excluding carboxylic acids is 4. The summed E-state index contributed by atoms with van der Waals surface area (Å²) in [5.41, 5.74) is 6.67. The highest BCUT2D eigenvalue weighted by molar-refractivity contribution is 6.05. The lowest BCUT2D eigenvalue weighted by Gasteiger charge is -2.09. The van der Waals surface area contributed by atoms with Gasteiger partial charge >= 0.3 is 0 Å². The molecule has 0 aliphatic rings. The van der Waals surface area contributed by atoms with Crippen LogP contribution in [0.15, 0.2) is 67.3 Å². The molecular weight excluding hydrogens is 412 g/mol. The van der Waals surface area contributed by atoms with Gasteiger partial charge in [0.15, 0.2) is 0 Å². The molecule has 0 radical (unpaired) electrons. The van der Waals surface area contributed by atoms with Crippen LogP contribution in [0.25, 0.3) is 0 Å². The minimum atomic E-state index is -0.640. The van der Waals surface area contributed by atoms with Gasteiger partial charge in [-0.05, 0) is 42.5 Å². The SMILES string of the molecule is NC(=O)CNC(=O)c1ccc(NC(=O)c2cccc(NC(=O)CCn3ccnc3)c2)cc1. The van der Waals surface area contributed by atoms with Crippen LogP contribution in [0.4, 0.5) is 11.4 Å². The molecule has 1 heterocycles. The maximum absolute atomic E-state index is 12.6. The highest BCUT2D eigenvalue weighted by Gasteiger charge is 2.10. The fourth-order valence-electron chi connectivity index (χ4n) is 2.79. The molecule has 0 spiro atoms. The van der Waals surface area contributed by atoms with Crippen LogP contribution in [0.3, 0.4) is 0 Å². The molecule has 10 heteroatoms. The summed E-state index contributed by atoms with van der Waals surface area (Å²) in [5.74, 6) is -1.64. The van der Waals surface area contributed by atoms with Crippen LogP contribution in [0.5, 0.6) is 0 Å². The number of hydrogen-bond donors (Lipinski definition) is 4. The lowest BCUT2D eigenvalue weighted by Crippen LogP contribution is -2.33. The molecular formula is C22H22N6O4. The van der Waals surface area contributed by atoms with Gasteiger partial charge in [0.25, 0.3) is 11.8 Å². The molecule has 0 atom stereocenters. The number of aromatic nitrogens is 2. The lowest BCUT2D eigenvalue weighted by molar-refractivity contribution is -0.117. The van der Waals surface area contributed by atoms with Crippen LogP contribution in [0.2, 0.25) is 0 Å². The Bertz CT molecular complexity index is 1110. The predicted molar refractivity (Wildman–Crippen MR) is 118 cm³/mol. The maximum atomic E-state index is 12.6. The summed E-state index contributed by atoms with van der Waals surface area (Å²) >= 11 is 0. The number of anilines is 2. The summed E-state index contributed by atoms with van der Waals surface area (Å²) in [4.78, 5) is 51.3. The summed E-state index contributed by atoms with van der Waals surface area (Å²) in [5, 5.41) is 7.89. The second kappa shape index (κ2) is 10.5. The Morgan fingerprint density at radius 3 is 2.38 bits per heavy atom. The van der Waals surface area contributed by atoms with E-state index in [0.29, 0.717) is 29.0 Å². The van der Waals surface area contributed by atoms with Crippen LogP contribution >= 0.6 is 0 Å². The Morgan fingerprint density at radius 2 is 1.69 bits per heavy atom. The van der Waals surface area contributed by atoms with Gasteiger partial charge < -0.3 is 26.3 Å². The first-order valence-electron chi connectivity index (χ1n) is 9.74. The van der Waals surface area contributed by atoms with Crippen LogP contribution in [-0.2, 0) is 16.1 Å². The minimum absolute atomic E-state index is 0.179. The van der Waals surface area contributed by atoms with E-state index in [9.17, 15) is 19.2 Å². The molecule has 0 bridgehead atoms.